The van der Waals surface area contributed by atoms with Gasteiger partial charge in [-0.25, -0.2) is 0 Å². The lowest BCUT2D eigenvalue weighted by Crippen LogP contribution is -2.46. The maximum absolute atomic E-state index is 11.2. The van der Waals surface area contributed by atoms with Gasteiger partial charge in [-0.3, -0.25) is 4.79 Å². The van der Waals surface area contributed by atoms with Gasteiger partial charge < -0.3 is 15.8 Å². The molecular weight excluding hydrogens is 408 g/mol. The number of primary amides is 1. The molecule has 3 aromatic carbocycles. The SMILES string of the molecule is NC(=O)COc1cccc(C(NCc2ccccc2)C2(c3ccc(Cl)cc3)CCC2)c1. The maximum Gasteiger partial charge on any atom is 0.255 e. The summed E-state index contributed by atoms with van der Waals surface area (Å²) in [5, 5.41) is 4.56. The Morgan fingerprint density at radius 2 is 1.77 bits per heavy atom. The molecule has 1 atom stereocenters. The third-order valence-corrected chi connectivity index (χ3v) is 6.40. The summed E-state index contributed by atoms with van der Waals surface area (Å²) in [4.78, 5) is 11.2. The molecule has 1 saturated carbocycles. The first-order valence-electron chi connectivity index (χ1n) is 10.6. The number of nitrogens with two attached hydrogens (primary N) is 1. The van der Waals surface area contributed by atoms with E-state index in [1.807, 2.05) is 36.4 Å². The van der Waals surface area contributed by atoms with Crippen molar-refractivity contribution in [3.63, 3.8) is 0 Å². The average molecular weight is 435 g/mol. The van der Waals surface area contributed by atoms with E-state index in [1.165, 1.54) is 17.5 Å². The summed E-state index contributed by atoms with van der Waals surface area (Å²) in [7, 11) is 0. The quantitative estimate of drug-likeness (QED) is 0.489. The number of nitrogens with one attached hydrogen (secondary N) is 1. The molecule has 1 aliphatic carbocycles. The molecule has 1 amide bonds. The topological polar surface area (TPSA) is 64.4 Å². The Hall–Kier alpha value is -2.82. The van der Waals surface area contributed by atoms with Crippen molar-refractivity contribution in [2.45, 2.75) is 37.3 Å². The van der Waals surface area contributed by atoms with Crippen LogP contribution in [0.15, 0.2) is 78.9 Å². The Morgan fingerprint density at radius 1 is 1.03 bits per heavy atom. The van der Waals surface area contributed by atoms with E-state index in [4.69, 9.17) is 22.1 Å². The van der Waals surface area contributed by atoms with E-state index in [0.717, 1.165) is 30.0 Å². The predicted octanol–water partition coefficient (Wildman–Crippen LogP) is 5.16. The van der Waals surface area contributed by atoms with Crippen molar-refractivity contribution in [2.24, 2.45) is 5.73 Å². The molecule has 0 saturated heterocycles. The van der Waals surface area contributed by atoms with E-state index >= 15 is 0 Å². The molecular formula is C26H27ClN2O2. The highest BCUT2D eigenvalue weighted by Gasteiger charge is 2.46. The van der Waals surface area contributed by atoms with Crippen LogP contribution < -0.4 is 15.8 Å². The van der Waals surface area contributed by atoms with Gasteiger partial charge in [-0.15, -0.1) is 0 Å². The van der Waals surface area contributed by atoms with Crippen molar-refractivity contribution in [1.82, 2.24) is 5.32 Å². The van der Waals surface area contributed by atoms with Crippen LogP contribution in [0, 0.1) is 0 Å². The van der Waals surface area contributed by atoms with Crippen molar-refractivity contribution in [3.8, 4) is 5.75 Å². The standard InChI is InChI=1S/C26H27ClN2O2/c27-22-12-10-21(11-13-22)26(14-5-15-26)25(29-17-19-6-2-1-3-7-19)20-8-4-9-23(16-20)31-18-24(28)30/h1-4,6-13,16,25,29H,5,14-15,17-18H2,(H2,28,30). The molecule has 0 spiro atoms. The maximum atomic E-state index is 11.2. The summed E-state index contributed by atoms with van der Waals surface area (Å²) < 4.78 is 5.59. The zero-order chi connectivity index (χ0) is 21.7. The van der Waals surface area contributed by atoms with E-state index in [1.54, 1.807) is 0 Å². The Kier molecular flexibility index (Phi) is 6.59. The Balaban J connectivity index is 1.68. The summed E-state index contributed by atoms with van der Waals surface area (Å²) >= 11 is 6.17. The van der Waals surface area contributed by atoms with Gasteiger partial charge in [0.2, 0.25) is 0 Å². The van der Waals surface area contributed by atoms with Crippen LogP contribution in [0.2, 0.25) is 5.02 Å². The van der Waals surface area contributed by atoms with Gasteiger partial charge in [-0.1, -0.05) is 72.6 Å². The first kappa shape index (κ1) is 21.4. The number of benzene rings is 3. The second kappa shape index (κ2) is 9.54. The number of halogens is 1. The number of hydrogen-bond acceptors (Lipinski definition) is 3. The average Bonchev–Trinajstić information content (AvgIpc) is 2.76. The van der Waals surface area contributed by atoms with Crippen LogP contribution >= 0.6 is 11.6 Å². The molecule has 5 heteroatoms. The van der Waals surface area contributed by atoms with Crippen LogP contribution in [-0.2, 0) is 16.8 Å². The number of rotatable bonds is 9. The normalized spacial score (nSPS) is 15.6. The monoisotopic (exact) mass is 434 g/mol. The minimum absolute atomic E-state index is 0.0261. The summed E-state index contributed by atoms with van der Waals surface area (Å²) in [5.41, 5.74) is 8.88. The molecule has 4 nitrogen and oxygen atoms in total. The molecule has 1 fully saturated rings. The lowest BCUT2D eigenvalue weighted by atomic mass is 9.58. The lowest BCUT2D eigenvalue weighted by Gasteiger charge is -2.49. The first-order chi connectivity index (χ1) is 15.1. The molecule has 0 aromatic heterocycles. The van der Waals surface area contributed by atoms with Gasteiger partial charge in [0, 0.05) is 23.0 Å². The Bertz CT molecular complexity index is 1020. The number of carbonyl (C=O) groups is 1. The van der Waals surface area contributed by atoms with Crippen molar-refractivity contribution in [1.29, 1.82) is 0 Å². The molecule has 0 radical (unpaired) electrons. The van der Waals surface area contributed by atoms with Crippen molar-refractivity contribution < 1.29 is 9.53 Å². The molecule has 0 bridgehead atoms. The summed E-state index contributed by atoms with van der Waals surface area (Å²) in [6.07, 6.45) is 3.37. The van der Waals surface area contributed by atoms with Gasteiger partial charge in [0.1, 0.15) is 5.75 Å². The van der Waals surface area contributed by atoms with Crippen LogP contribution in [0.1, 0.15) is 42.0 Å². The van der Waals surface area contributed by atoms with E-state index < -0.39 is 5.91 Å². The Morgan fingerprint density at radius 3 is 2.42 bits per heavy atom. The van der Waals surface area contributed by atoms with Gasteiger partial charge in [0.25, 0.3) is 5.91 Å². The zero-order valence-electron chi connectivity index (χ0n) is 17.4. The predicted molar refractivity (Wildman–Crippen MR) is 124 cm³/mol. The molecule has 0 aliphatic heterocycles. The van der Waals surface area contributed by atoms with Gasteiger partial charge in [-0.05, 0) is 53.8 Å². The van der Waals surface area contributed by atoms with Crippen molar-refractivity contribution in [3.05, 3.63) is 101 Å². The second-order valence-corrected chi connectivity index (χ2v) is 8.58. The van der Waals surface area contributed by atoms with Crippen LogP contribution in [0.4, 0.5) is 0 Å². The minimum Gasteiger partial charge on any atom is -0.484 e. The highest BCUT2D eigenvalue weighted by Crippen LogP contribution is 2.52. The summed E-state index contributed by atoms with van der Waals surface area (Å²) in [6.45, 7) is 0.626. The van der Waals surface area contributed by atoms with Gasteiger partial charge >= 0.3 is 0 Å². The fourth-order valence-corrected chi connectivity index (χ4v) is 4.60. The molecule has 1 aliphatic rings. The van der Waals surface area contributed by atoms with Gasteiger partial charge in [0.05, 0.1) is 0 Å². The van der Waals surface area contributed by atoms with Crippen molar-refractivity contribution >= 4 is 17.5 Å². The van der Waals surface area contributed by atoms with Crippen LogP contribution in [0.3, 0.4) is 0 Å². The minimum atomic E-state index is -0.485. The number of hydrogen-bond donors (Lipinski definition) is 2. The largest absolute Gasteiger partial charge is 0.484 e. The summed E-state index contributed by atoms with van der Waals surface area (Å²) in [6, 6.07) is 26.7. The number of carbonyl (C=O) groups excluding carboxylic acids is 1. The lowest BCUT2D eigenvalue weighted by molar-refractivity contribution is -0.119. The van der Waals surface area contributed by atoms with E-state index in [-0.39, 0.29) is 18.1 Å². The van der Waals surface area contributed by atoms with Crippen LogP contribution in [0.5, 0.6) is 5.75 Å². The first-order valence-corrected chi connectivity index (χ1v) is 11.0. The van der Waals surface area contributed by atoms with Crippen LogP contribution in [-0.4, -0.2) is 12.5 Å². The summed E-state index contributed by atoms with van der Waals surface area (Å²) in [5.74, 6) is 0.161. The van der Waals surface area contributed by atoms with Gasteiger partial charge in [-0.2, -0.15) is 0 Å². The molecule has 3 N–H and O–H groups in total. The number of ether oxygens (including phenoxy) is 1. The zero-order valence-corrected chi connectivity index (χ0v) is 18.1. The third-order valence-electron chi connectivity index (χ3n) is 6.14. The van der Waals surface area contributed by atoms with Gasteiger partial charge in [0.15, 0.2) is 6.61 Å². The van der Waals surface area contributed by atoms with E-state index in [0.29, 0.717) is 5.75 Å². The van der Waals surface area contributed by atoms with E-state index in [9.17, 15) is 4.79 Å². The fourth-order valence-electron chi connectivity index (χ4n) is 4.47. The number of amides is 1. The fraction of sp³-hybridized carbons (Fsp3) is 0.269. The Labute approximate surface area is 188 Å². The highest BCUT2D eigenvalue weighted by atomic mass is 35.5. The smallest absolute Gasteiger partial charge is 0.255 e. The molecule has 3 aromatic rings. The third kappa shape index (κ3) is 4.92. The second-order valence-electron chi connectivity index (χ2n) is 8.14. The van der Waals surface area contributed by atoms with E-state index in [2.05, 4.69) is 47.8 Å². The molecule has 1 unspecified atom stereocenters. The van der Waals surface area contributed by atoms with Crippen molar-refractivity contribution in [2.75, 3.05) is 6.61 Å². The highest BCUT2D eigenvalue weighted by molar-refractivity contribution is 6.30. The molecule has 31 heavy (non-hydrogen) atoms. The molecule has 4 rings (SSSR count). The molecule has 160 valence electrons. The molecule has 0 heterocycles. The van der Waals surface area contributed by atoms with Crippen LogP contribution in [0.25, 0.3) is 0 Å².